The second-order valence-corrected chi connectivity index (χ2v) is 5.15. The summed E-state index contributed by atoms with van der Waals surface area (Å²) < 4.78 is 42.0. The minimum Gasteiger partial charge on any atom is -0.452 e. The van der Waals surface area contributed by atoms with Crippen LogP contribution in [0.4, 0.5) is 18.9 Å². The Labute approximate surface area is 140 Å². The lowest BCUT2D eigenvalue weighted by atomic mass is 10.1. The summed E-state index contributed by atoms with van der Waals surface area (Å²) in [5.74, 6) is -1.50. The third-order valence-corrected chi connectivity index (χ3v) is 3.13. The molecule has 126 valence electrons. The zero-order valence-electron chi connectivity index (χ0n) is 12.1. The van der Waals surface area contributed by atoms with Gasteiger partial charge in [0.2, 0.25) is 0 Å². The molecule has 0 unspecified atom stereocenters. The van der Waals surface area contributed by atoms with Crippen LogP contribution in [-0.2, 0) is 15.7 Å². The van der Waals surface area contributed by atoms with Crippen molar-refractivity contribution in [3.8, 4) is 0 Å². The predicted molar refractivity (Wildman–Crippen MR) is 81.8 cm³/mol. The highest BCUT2D eigenvalue weighted by atomic mass is 35.5. The van der Waals surface area contributed by atoms with Gasteiger partial charge < -0.3 is 10.1 Å². The van der Waals surface area contributed by atoms with E-state index in [1.807, 2.05) is 0 Å². The van der Waals surface area contributed by atoms with E-state index in [9.17, 15) is 22.8 Å². The number of alkyl halides is 3. The van der Waals surface area contributed by atoms with Gasteiger partial charge in [0.15, 0.2) is 6.61 Å². The number of rotatable bonds is 4. The Morgan fingerprint density at radius 3 is 2.33 bits per heavy atom. The molecule has 4 nitrogen and oxygen atoms in total. The maximum atomic E-state index is 12.4. The lowest BCUT2D eigenvalue weighted by Gasteiger charge is -2.08. The Morgan fingerprint density at radius 1 is 1.08 bits per heavy atom. The van der Waals surface area contributed by atoms with E-state index in [1.165, 1.54) is 6.07 Å². The molecule has 24 heavy (non-hydrogen) atoms. The van der Waals surface area contributed by atoms with Gasteiger partial charge in [-0.3, -0.25) is 4.79 Å². The van der Waals surface area contributed by atoms with Gasteiger partial charge in [-0.1, -0.05) is 17.7 Å². The number of benzene rings is 2. The second kappa shape index (κ2) is 7.35. The molecule has 1 N–H and O–H groups in total. The number of carbonyl (C=O) groups excluding carboxylic acids is 2. The van der Waals surface area contributed by atoms with Gasteiger partial charge >= 0.3 is 12.1 Å². The van der Waals surface area contributed by atoms with Crippen LogP contribution in [-0.4, -0.2) is 18.5 Å². The quantitative estimate of drug-likeness (QED) is 0.836. The van der Waals surface area contributed by atoms with E-state index in [1.54, 1.807) is 18.2 Å². The highest BCUT2D eigenvalue weighted by molar-refractivity contribution is 6.30. The molecule has 0 saturated carbocycles. The zero-order valence-corrected chi connectivity index (χ0v) is 12.8. The molecule has 0 bridgehead atoms. The summed E-state index contributed by atoms with van der Waals surface area (Å²) in [6, 6.07) is 9.87. The molecule has 0 heterocycles. The maximum absolute atomic E-state index is 12.4. The van der Waals surface area contributed by atoms with Gasteiger partial charge in [-0.25, -0.2) is 4.79 Å². The molecule has 0 aliphatic heterocycles. The SMILES string of the molecule is O=C(COC(=O)c1ccc(C(F)(F)F)cc1)Nc1cccc(Cl)c1. The van der Waals surface area contributed by atoms with Crippen molar-refractivity contribution in [2.45, 2.75) is 6.18 Å². The van der Waals surface area contributed by atoms with Crippen molar-refractivity contribution < 1.29 is 27.5 Å². The van der Waals surface area contributed by atoms with Gasteiger partial charge in [-0.2, -0.15) is 13.2 Å². The largest absolute Gasteiger partial charge is 0.452 e. The lowest BCUT2D eigenvalue weighted by Crippen LogP contribution is -2.21. The summed E-state index contributed by atoms with van der Waals surface area (Å²) in [5.41, 5.74) is -0.533. The van der Waals surface area contributed by atoms with E-state index in [0.717, 1.165) is 24.3 Å². The summed E-state index contributed by atoms with van der Waals surface area (Å²) in [4.78, 5) is 23.4. The van der Waals surface area contributed by atoms with Crippen molar-refractivity contribution in [1.82, 2.24) is 0 Å². The van der Waals surface area contributed by atoms with Gasteiger partial charge in [0.1, 0.15) is 0 Å². The van der Waals surface area contributed by atoms with Crippen LogP contribution in [0.15, 0.2) is 48.5 Å². The molecule has 0 radical (unpaired) electrons. The molecular formula is C16H11ClF3NO3. The first kappa shape index (κ1) is 17.8. The van der Waals surface area contributed by atoms with Crippen LogP contribution in [0.2, 0.25) is 5.02 Å². The summed E-state index contributed by atoms with van der Waals surface area (Å²) >= 11 is 5.76. The van der Waals surface area contributed by atoms with Gasteiger partial charge in [0.25, 0.3) is 5.91 Å². The Bertz CT molecular complexity index is 745. The highest BCUT2D eigenvalue weighted by Crippen LogP contribution is 2.29. The number of anilines is 1. The molecule has 0 saturated heterocycles. The Hall–Kier alpha value is -2.54. The fraction of sp³-hybridized carbons (Fsp3) is 0.125. The Morgan fingerprint density at radius 2 is 1.75 bits per heavy atom. The average molecular weight is 358 g/mol. The van der Waals surface area contributed by atoms with Crippen molar-refractivity contribution in [2.75, 3.05) is 11.9 Å². The number of ether oxygens (including phenoxy) is 1. The Kier molecular flexibility index (Phi) is 5.46. The fourth-order valence-electron chi connectivity index (χ4n) is 1.77. The maximum Gasteiger partial charge on any atom is 0.416 e. The van der Waals surface area contributed by atoms with Crippen molar-refractivity contribution in [3.05, 3.63) is 64.7 Å². The summed E-state index contributed by atoms with van der Waals surface area (Å²) in [6.45, 7) is -0.577. The van der Waals surface area contributed by atoms with Crippen LogP contribution in [0.3, 0.4) is 0 Å². The topological polar surface area (TPSA) is 55.4 Å². The minimum atomic E-state index is -4.49. The van der Waals surface area contributed by atoms with Crippen LogP contribution in [0.5, 0.6) is 0 Å². The van der Waals surface area contributed by atoms with Crippen molar-refractivity contribution in [3.63, 3.8) is 0 Å². The molecule has 2 rings (SSSR count). The normalized spacial score (nSPS) is 11.0. The molecular weight excluding hydrogens is 347 g/mol. The third kappa shape index (κ3) is 4.99. The van der Waals surface area contributed by atoms with Crippen molar-refractivity contribution >= 4 is 29.2 Å². The standard InChI is InChI=1S/C16H11ClF3NO3/c17-12-2-1-3-13(8-12)21-14(22)9-24-15(23)10-4-6-11(7-5-10)16(18,19)20/h1-8H,9H2,(H,21,22). The molecule has 0 aromatic heterocycles. The molecule has 0 aliphatic carbocycles. The molecule has 0 atom stereocenters. The minimum absolute atomic E-state index is 0.0847. The monoisotopic (exact) mass is 357 g/mol. The molecule has 0 fully saturated rings. The van der Waals surface area contributed by atoms with Crippen LogP contribution >= 0.6 is 11.6 Å². The third-order valence-electron chi connectivity index (χ3n) is 2.89. The van der Waals surface area contributed by atoms with E-state index in [0.29, 0.717) is 10.7 Å². The van der Waals surface area contributed by atoms with Gasteiger partial charge in [-0.15, -0.1) is 0 Å². The van der Waals surface area contributed by atoms with Gasteiger partial charge in [-0.05, 0) is 42.5 Å². The lowest BCUT2D eigenvalue weighted by molar-refractivity contribution is -0.137. The number of esters is 1. The predicted octanol–water partition coefficient (Wildman–Crippen LogP) is 4.15. The first-order chi connectivity index (χ1) is 11.3. The summed E-state index contributed by atoms with van der Waals surface area (Å²) in [6.07, 6.45) is -4.49. The van der Waals surface area contributed by atoms with Crippen LogP contribution in [0.1, 0.15) is 15.9 Å². The molecule has 0 spiro atoms. The van der Waals surface area contributed by atoms with Crippen molar-refractivity contribution in [1.29, 1.82) is 0 Å². The van der Waals surface area contributed by atoms with Gasteiger partial charge in [0, 0.05) is 10.7 Å². The molecule has 2 aromatic rings. The van der Waals surface area contributed by atoms with Crippen LogP contribution in [0, 0.1) is 0 Å². The van der Waals surface area contributed by atoms with E-state index in [2.05, 4.69) is 5.32 Å². The number of hydrogen-bond acceptors (Lipinski definition) is 3. The first-order valence-electron chi connectivity index (χ1n) is 6.65. The molecule has 2 aromatic carbocycles. The average Bonchev–Trinajstić information content (AvgIpc) is 2.52. The second-order valence-electron chi connectivity index (χ2n) is 4.71. The number of halogens is 4. The molecule has 1 amide bonds. The number of carbonyl (C=O) groups is 2. The van der Waals surface area contributed by atoms with Crippen LogP contribution in [0.25, 0.3) is 0 Å². The van der Waals surface area contributed by atoms with E-state index < -0.39 is 30.2 Å². The van der Waals surface area contributed by atoms with E-state index >= 15 is 0 Å². The number of nitrogens with one attached hydrogen (secondary N) is 1. The first-order valence-corrected chi connectivity index (χ1v) is 7.03. The van der Waals surface area contributed by atoms with E-state index in [-0.39, 0.29) is 5.56 Å². The smallest absolute Gasteiger partial charge is 0.416 e. The summed E-state index contributed by atoms with van der Waals surface area (Å²) in [5, 5.41) is 2.89. The summed E-state index contributed by atoms with van der Waals surface area (Å²) in [7, 11) is 0. The van der Waals surface area contributed by atoms with E-state index in [4.69, 9.17) is 16.3 Å². The highest BCUT2D eigenvalue weighted by Gasteiger charge is 2.30. The van der Waals surface area contributed by atoms with Gasteiger partial charge in [0.05, 0.1) is 11.1 Å². The zero-order chi connectivity index (χ0) is 17.7. The number of hydrogen-bond donors (Lipinski definition) is 1. The van der Waals surface area contributed by atoms with Crippen LogP contribution < -0.4 is 5.32 Å². The van der Waals surface area contributed by atoms with Crippen molar-refractivity contribution in [2.24, 2.45) is 0 Å². The Balaban J connectivity index is 1.89. The molecule has 0 aliphatic rings. The number of amides is 1. The fourth-order valence-corrected chi connectivity index (χ4v) is 1.96. The molecule has 8 heteroatoms.